The van der Waals surface area contributed by atoms with Crippen LogP contribution in [0.2, 0.25) is 0 Å². The van der Waals surface area contributed by atoms with Crippen LogP contribution in [0.15, 0.2) is 36.1 Å². The van der Waals surface area contributed by atoms with E-state index < -0.39 is 0 Å². The predicted octanol–water partition coefficient (Wildman–Crippen LogP) is 1.91. The summed E-state index contributed by atoms with van der Waals surface area (Å²) in [5.74, 6) is 1.66. The summed E-state index contributed by atoms with van der Waals surface area (Å²) in [5, 5.41) is 0. The molecule has 0 saturated carbocycles. The minimum absolute atomic E-state index is 0.339. The maximum absolute atomic E-state index is 10.9. The number of carbonyl (C=O) groups is 1. The molecule has 3 rings (SSSR count). The topological polar surface area (TPSA) is 44.8 Å². The number of ether oxygens (including phenoxy) is 3. The summed E-state index contributed by atoms with van der Waals surface area (Å²) in [6, 6.07) is 5.60. The largest absolute Gasteiger partial charge is 0.486 e. The molecule has 0 bridgehead atoms. The van der Waals surface area contributed by atoms with Crippen molar-refractivity contribution in [2.24, 2.45) is 0 Å². The molecule has 86 valence electrons. The Morgan fingerprint density at radius 3 is 2.65 bits per heavy atom. The van der Waals surface area contributed by atoms with Gasteiger partial charge >= 0.3 is 5.97 Å². The summed E-state index contributed by atoms with van der Waals surface area (Å²) in [5.41, 5.74) is 0.906. The molecule has 17 heavy (non-hydrogen) atoms. The quantitative estimate of drug-likeness (QED) is 0.691. The molecule has 0 atom stereocenters. The third kappa shape index (κ3) is 2.01. The van der Waals surface area contributed by atoms with Crippen LogP contribution >= 0.6 is 0 Å². The van der Waals surface area contributed by atoms with Crippen molar-refractivity contribution in [1.82, 2.24) is 0 Å². The molecule has 4 nitrogen and oxygen atoms in total. The summed E-state index contributed by atoms with van der Waals surface area (Å²) < 4.78 is 15.8. The lowest BCUT2D eigenvalue weighted by Crippen LogP contribution is -2.15. The van der Waals surface area contributed by atoms with Gasteiger partial charge < -0.3 is 14.2 Å². The lowest BCUT2D eigenvalue weighted by atomic mass is 10.1. The first-order chi connectivity index (χ1) is 8.31. The molecule has 2 aliphatic heterocycles. The molecular weight excluding hydrogens is 220 g/mol. The standard InChI is InChI=1S/C13H10O4/c14-13-4-2-10(17-13)7-9-1-3-11-12(8-9)16-6-5-15-11/h1-4,7-8H,5-6H2/b10-7-. The second-order valence-electron chi connectivity index (χ2n) is 3.70. The fourth-order valence-corrected chi connectivity index (χ4v) is 1.73. The van der Waals surface area contributed by atoms with Gasteiger partial charge in [-0.05, 0) is 29.8 Å². The van der Waals surface area contributed by atoms with Crippen molar-refractivity contribution >= 4 is 12.0 Å². The monoisotopic (exact) mass is 230 g/mol. The van der Waals surface area contributed by atoms with E-state index in [1.54, 1.807) is 12.2 Å². The average molecular weight is 230 g/mol. The zero-order valence-electron chi connectivity index (χ0n) is 9.01. The Balaban J connectivity index is 1.89. The summed E-state index contributed by atoms with van der Waals surface area (Å²) in [6.07, 6.45) is 4.81. The van der Waals surface area contributed by atoms with Crippen LogP contribution in [0, 0.1) is 0 Å². The molecule has 4 heteroatoms. The van der Waals surface area contributed by atoms with Gasteiger partial charge in [0.1, 0.15) is 19.0 Å². The van der Waals surface area contributed by atoms with Gasteiger partial charge in [0.05, 0.1) is 0 Å². The zero-order valence-corrected chi connectivity index (χ0v) is 9.01. The van der Waals surface area contributed by atoms with E-state index in [1.165, 1.54) is 6.08 Å². The molecule has 0 N–H and O–H groups in total. The van der Waals surface area contributed by atoms with Crippen molar-refractivity contribution in [3.63, 3.8) is 0 Å². The first-order valence-corrected chi connectivity index (χ1v) is 5.32. The lowest BCUT2D eigenvalue weighted by Gasteiger charge is -2.18. The highest BCUT2D eigenvalue weighted by Gasteiger charge is 2.13. The van der Waals surface area contributed by atoms with Gasteiger partial charge in [0.2, 0.25) is 0 Å². The van der Waals surface area contributed by atoms with E-state index in [0.717, 1.165) is 17.1 Å². The summed E-state index contributed by atoms with van der Waals surface area (Å²) in [4.78, 5) is 10.9. The van der Waals surface area contributed by atoms with E-state index in [4.69, 9.17) is 14.2 Å². The second kappa shape index (κ2) is 3.97. The van der Waals surface area contributed by atoms with Crippen LogP contribution in [0.5, 0.6) is 11.5 Å². The van der Waals surface area contributed by atoms with Crippen LogP contribution in [0.4, 0.5) is 0 Å². The van der Waals surface area contributed by atoms with E-state index in [-0.39, 0.29) is 5.97 Å². The zero-order chi connectivity index (χ0) is 11.7. The summed E-state index contributed by atoms with van der Waals surface area (Å²) in [6.45, 7) is 1.13. The van der Waals surface area contributed by atoms with E-state index >= 15 is 0 Å². The first-order valence-electron chi connectivity index (χ1n) is 5.32. The van der Waals surface area contributed by atoms with Crippen LogP contribution in [0.25, 0.3) is 6.08 Å². The summed E-state index contributed by atoms with van der Waals surface area (Å²) in [7, 11) is 0. The SMILES string of the molecule is O=C1C=C/C(=C/c2ccc3c(c2)OCCO3)O1. The number of allylic oxidation sites excluding steroid dienone is 1. The van der Waals surface area contributed by atoms with Gasteiger partial charge in [-0.1, -0.05) is 6.07 Å². The Hall–Kier alpha value is -2.23. The number of hydrogen-bond donors (Lipinski definition) is 0. The predicted molar refractivity (Wildman–Crippen MR) is 60.6 cm³/mol. The molecule has 1 aromatic carbocycles. The molecular formula is C13H10O4. The highest BCUT2D eigenvalue weighted by Crippen LogP contribution is 2.31. The highest BCUT2D eigenvalue weighted by atomic mass is 16.6. The summed E-state index contributed by atoms with van der Waals surface area (Å²) >= 11 is 0. The van der Waals surface area contributed by atoms with E-state index in [0.29, 0.717) is 19.0 Å². The molecule has 2 heterocycles. The molecule has 0 unspecified atom stereocenters. The normalized spacial score (nSPS) is 19.5. The molecule has 2 aliphatic rings. The number of cyclic esters (lactones) is 1. The molecule has 0 amide bonds. The average Bonchev–Trinajstić information content (AvgIpc) is 2.75. The van der Waals surface area contributed by atoms with Crippen molar-refractivity contribution in [1.29, 1.82) is 0 Å². The first kappa shape index (κ1) is 9.96. The second-order valence-corrected chi connectivity index (χ2v) is 3.70. The number of rotatable bonds is 1. The highest BCUT2D eigenvalue weighted by molar-refractivity contribution is 5.87. The van der Waals surface area contributed by atoms with Gasteiger partial charge in [-0.15, -0.1) is 0 Å². The van der Waals surface area contributed by atoms with Gasteiger partial charge in [-0.25, -0.2) is 4.79 Å². The molecule has 1 aromatic rings. The van der Waals surface area contributed by atoms with Crippen LogP contribution in [-0.2, 0) is 9.53 Å². The van der Waals surface area contributed by atoms with Crippen molar-refractivity contribution in [2.45, 2.75) is 0 Å². The maximum atomic E-state index is 10.9. The minimum atomic E-state index is -0.339. The Morgan fingerprint density at radius 1 is 1.06 bits per heavy atom. The third-order valence-corrected chi connectivity index (χ3v) is 2.48. The molecule has 0 spiro atoms. The molecule has 0 radical (unpaired) electrons. The Bertz CT molecular complexity index is 528. The lowest BCUT2D eigenvalue weighted by molar-refractivity contribution is -0.132. The Labute approximate surface area is 98.1 Å². The van der Waals surface area contributed by atoms with Gasteiger partial charge in [0.15, 0.2) is 11.5 Å². The van der Waals surface area contributed by atoms with Crippen LogP contribution < -0.4 is 9.47 Å². The number of carbonyl (C=O) groups excluding carboxylic acids is 1. The molecule has 0 aliphatic carbocycles. The molecule has 0 saturated heterocycles. The van der Waals surface area contributed by atoms with E-state index in [9.17, 15) is 4.79 Å². The maximum Gasteiger partial charge on any atom is 0.336 e. The Morgan fingerprint density at radius 2 is 1.88 bits per heavy atom. The fourth-order valence-electron chi connectivity index (χ4n) is 1.73. The van der Waals surface area contributed by atoms with E-state index in [2.05, 4.69) is 0 Å². The van der Waals surface area contributed by atoms with E-state index in [1.807, 2.05) is 18.2 Å². The third-order valence-electron chi connectivity index (χ3n) is 2.48. The fraction of sp³-hybridized carbons (Fsp3) is 0.154. The smallest absolute Gasteiger partial charge is 0.336 e. The molecule has 0 fully saturated rings. The van der Waals surface area contributed by atoms with Crippen LogP contribution in [0.1, 0.15) is 5.56 Å². The number of fused-ring (bicyclic) bond motifs is 1. The molecule has 0 aromatic heterocycles. The van der Waals surface area contributed by atoms with Crippen LogP contribution in [-0.4, -0.2) is 19.2 Å². The van der Waals surface area contributed by atoms with Gasteiger partial charge in [-0.2, -0.15) is 0 Å². The van der Waals surface area contributed by atoms with Gasteiger partial charge in [-0.3, -0.25) is 0 Å². The number of benzene rings is 1. The Kier molecular flexibility index (Phi) is 2.33. The van der Waals surface area contributed by atoms with Crippen molar-refractivity contribution < 1.29 is 19.0 Å². The van der Waals surface area contributed by atoms with Crippen molar-refractivity contribution in [3.8, 4) is 11.5 Å². The van der Waals surface area contributed by atoms with Crippen LogP contribution in [0.3, 0.4) is 0 Å². The number of hydrogen-bond acceptors (Lipinski definition) is 4. The van der Waals surface area contributed by atoms with Crippen molar-refractivity contribution in [3.05, 3.63) is 41.7 Å². The number of esters is 1. The van der Waals surface area contributed by atoms with Gasteiger partial charge in [0, 0.05) is 6.08 Å². The van der Waals surface area contributed by atoms with Gasteiger partial charge in [0.25, 0.3) is 0 Å². The van der Waals surface area contributed by atoms with Crippen molar-refractivity contribution in [2.75, 3.05) is 13.2 Å². The minimum Gasteiger partial charge on any atom is -0.486 e.